The van der Waals surface area contributed by atoms with Gasteiger partial charge in [-0.15, -0.1) is 5.06 Å². The number of aryl methyl sites for hydroxylation is 1. The minimum Gasteiger partial charge on any atom is -0.497 e. The van der Waals surface area contributed by atoms with Gasteiger partial charge >= 0.3 is 5.97 Å². The first kappa shape index (κ1) is 24.4. The van der Waals surface area contributed by atoms with Crippen molar-refractivity contribution >= 4 is 22.8 Å². The van der Waals surface area contributed by atoms with E-state index in [-0.39, 0.29) is 25.0 Å². The summed E-state index contributed by atoms with van der Waals surface area (Å²) in [5.74, 6) is 1.35. The summed E-state index contributed by atoms with van der Waals surface area (Å²) >= 11 is 0. The Morgan fingerprint density at radius 1 is 1.05 bits per heavy atom. The summed E-state index contributed by atoms with van der Waals surface area (Å²) in [6, 6.07) is 20.0. The molecule has 1 unspecified atom stereocenters. The highest BCUT2D eigenvalue weighted by molar-refractivity contribution is 6.04. The molecule has 0 aliphatic carbocycles. The molecule has 2 heterocycles. The number of hydrogen-bond donors (Lipinski definition) is 1. The Morgan fingerprint density at radius 2 is 1.81 bits per heavy atom. The number of methoxy groups -OCH3 is 1. The van der Waals surface area contributed by atoms with E-state index in [9.17, 15) is 14.7 Å². The number of carbonyl (C=O) groups excluding carboxylic acids is 1. The standard InChI is InChI=1S/C29H28N2O6/c1-18-16-30(37-27-12-11-23(35-3)15-24(18)27)17-36-22-9-7-20(8-10-22)29(34)31-19(2)13-25-21(14-28(32)33)5-4-6-26(25)31/h4-13,15,18H,14,16-17H2,1-3H3,(H,32,33). The van der Waals surface area contributed by atoms with Gasteiger partial charge in [-0.3, -0.25) is 14.2 Å². The molecule has 0 saturated carbocycles. The van der Waals surface area contributed by atoms with Gasteiger partial charge < -0.3 is 19.4 Å². The molecule has 3 aromatic carbocycles. The molecule has 0 saturated heterocycles. The van der Waals surface area contributed by atoms with Crippen molar-refractivity contribution in [3.63, 3.8) is 0 Å². The van der Waals surface area contributed by atoms with Crippen LogP contribution in [0.15, 0.2) is 66.7 Å². The molecule has 5 rings (SSSR count). The van der Waals surface area contributed by atoms with Gasteiger partial charge in [-0.2, -0.15) is 0 Å². The van der Waals surface area contributed by atoms with E-state index >= 15 is 0 Å². The van der Waals surface area contributed by atoms with E-state index in [4.69, 9.17) is 14.3 Å². The van der Waals surface area contributed by atoms with Crippen molar-refractivity contribution < 1.29 is 29.0 Å². The van der Waals surface area contributed by atoms with Crippen molar-refractivity contribution in [2.75, 3.05) is 20.4 Å². The average molecular weight is 501 g/mol. The monoisotopic (exact) mass is 500 g/mol. The molecule has 0 bridgehead atoms. The number of carboxylic acids is 1. The summed E-state index contributed by atoms with van der Waals surface area (Å²) in [4.78, 5) is 30.6. The number of aliphatic carboxylic acids is 1. The van der Waals surface area contributed by atoms with Crippen LogP contribution in [-0.2, 0) is 11.2 Å². The van der Waals surface area contributed by atoms with Crippen LogP contribution in [0.25, 0.3) is 10.9 Å². The first-order valence-electron chi connectivity index (χ1n) is 12.0. The largest absolute Gasteiger partial charge is 0.497 e. The third kappa shape index (κ3) is 4.88. The number of hydrogen-bond acceptors (Lipinski definition) is 6. The van der Waals surface area contributed by atoms with Gasteiger partial charge in [0.2, 0.25) is 0 Å². The fourth-order valence-corrected chi connectivity index (χ4v) is 4.76. The quantitative estimate of drug-likeness (QED) is 0.381. The Labute approximate surface area is 214 Å². The first-order chi connectivity index (χ1) is 17.8. The number of fused-ring (bicyclic) bond motifs is 2. The highest BCUT2D eigenvalue weighted by Crippen LogP contribution is 2.35. The van der Waals surface area contributed by atoms with Crippen LogP contribution in [0.1, 0.15) is 40.0 Å². The van der Waals surface area contributed by atoms with Gasteiger partial charge in [0.05, 0.1) is 19.0 Å². The van der Waals surface area contributed by atoms with Gasteiger partial charge in [0.1, 0.15) is 11.5 Å². The van der Waals surface area contributed by atoms with E-state index in [1.807, 2.05) is 37.3 Å². The molecule has 8 nitrogen and oxygen atoms in total. The average Bonchev–Trinajstić information content (AvgIpc) is 3.23. The van der Waals surface area contributed by atoms with Crippen molar-refractivity contribution in [2.45, 2.75) is 26.2 Å². The zero-order valence-electron chi connectivity index (χ0n) is 20.9. The molecule has 1 aromatic heterocycles. The zero-order chi connectivity index (χ0) is 26.1. The Balaban J connectivity index is 1.28. The summed E-state index contributed by atoms with van der Waals surface area (Å²) < 4.78 is 12.9. The third-order valence-electron chi connectivity index (χ3n) is 6.59. The SMILES string of the molecule is COc1ccc2c(c1)C(C)CN(COc1ccc(C(=O)n3c(C)cc4c(CC(=O)O)cccc43)cc1)O2. The van der Waals surface area contributed by atoms with Crippen molar-refractivity contribution in [3.05, 3.63) is 89.1 Å². The Morgan fingerprint density at radius 3 is 2.54 bits per heavy atom. The Kier molecular flexibility index (Phi) is 6.58. The van der Waals surface area contributed by atoms with Crippen molar-refractivity contribution in [1.29, 1.82) is 0 Å². The topological polar surface area (TPSA) is 90.2 Å². The maximum Gasteiger partial charge on any atom is 0.307 e. The zero-order valence-corrected chi connectivity index (χ0v) is 20.9. The van der Waals surface area contributed by atoms with Gasteiger partial charge in [-0.25, -0.2) is 0 Å². The number of carbonyl (C=O) groups is 2. The van der Waals surface area contributed by atoms with E-state index < -0.39 is 5.97 Å². The molecule has 0 amide bonds. The fraction of sp³-hybridized carbons (Fsp3) is 0.241. The molecule has 4 aromatic rings. The molecular formula is C29H28N2O6. The molecule has 190 valence electrons. The predicted octanol–water partition coefficient (Wildman–Crippen LogP) is 5.02. The summed E-state index contributed by atoms with van der Waals surface area (Å²) in [6.45, 7) is 4.87. The second-order valence-corrected chi connectivity index (χ2v) is 9.21. The Bertz CT molecular complexity index is 1470. The number of benzene rings is 3. The van der Waals surface area contributed by atoms with Crippen LogP contribution < -0.4 is 14.3 Å². The van der Waals surface area contributed by atoms with Gasteiger partial charge in [-0.1, -0.05) is 19.1 Å². The van der Waals surface area contributed by atoms with Crippen LogP contribution in [0.2, 0.25) is 0 Å². The second kappa shape index (κ2) is 9.99. The minimum absolute atomic E-state index is 0.0969. The van der Waals surface area contributed by atoms with Crippen LogP contribution in [0.4, 0.5) is 0 Å². The van der Waals surface area contributed by atoms with Crippen LogP contribution in [0.5, 0.6) is 17.2 Å². The number of hydroxylamine groups is 2. The lowest BCUT2D eigenvalue weighted by atomic mass is 9.98. The van der Waals surface area contributed by atoms with E-state index in [1.54, 1.807) is 53.1 Å². The van der Waals surface area contributed by atoms with Gasteiger partial charge in [0, 0.05) is 34.7 Å². The number of aromatic nitrogens is 1. The number of rotatable bonds is 7. The van der Waals surface area contributed by atoms with Gasteiger partial charge in [0.25, 0.3) is 5.91 Å². The molecule has 1 N–H and O–H groups in total. The third-order valence-corrected chi connectivity index (χ3v) is 6.59. The molecule has 0 radical (unpaired) electrons. The van der Waals surface area contributed by atoms with Crippen LogP contribution in [0, 0.1) is 6.92 Å². The van der Waals surface area contributed by atoms with E-state index in [0.717, 1.165) is 28.1 Å². The molecular weight excluding hydrogens is 472 g/mol. The highest BCUT2D eigenvalue weighted by atomic mass is 16.7. The normalized spacial score (nSPS) is 15.2. The van der Waals surface area contributed by atoms with E-state index in [1.165, 1.54) is 0 Å². The highest BCUT2D eigenvalue weighted by Gasteiger charge is 2.25. The minimum atomic E-state index is -0.909. The fourth-order valence-electron chi connectivity index (χ4n) is 4.76. The maximum atomic E-state index is 13.4. The molecule has 37 heavy (non-hydrogen) atoms. The molecule has 0 fully saturated rings. The lowest BCUT2D eigenvalue weighted by molar-refractivity contribution is -0.136. The lowest BCUT2D eigenvalue weighted by Crippen LogP contribution is -2.38. The first-order valence-corrected chi connectivity index (χ1v) is 12.0. The number of nitrogens with zero attached hydrogens (tertiary/aromatic N) is 2. The summed E-state index contributed by atoms with van der Waals surface area (Å²) in [7, 11) is 1.65. The van der Waals surface area contributed by atoms with E-state index in [0.29, 0.717) is 28.9 Å². The smallest absolute Gasteiger partial charge is 0.307 e. The van der Waals surface area contributed by atoms with Crippen LogP contribution in [0.3, 0.4) is 0 Å². The molecule has 1 aliphatic heterocycles. The molecule has 1 aliphatic rings. The lowest BCUT2D eigenvalue weighted by Gasteiger charge is -2.32. The molecule has 1 atom stereocenters. The summed E-state index contributed by atoms with van der Waals surface area (Å²) in [5, 5.41) is 11.8. The van der Waals surface area contributed by atoms with E-state index in [2.05, 4.69) is 6.92 Å². The number of carboxylic acid groups (broad SMARTS) is 1. The van der Waals surface area contributed by atoms with Crippen molar-refractivity contribution in [1.82, 2.24) is 9.63 Å². The van der Waals surface area contributed by atoms with Crippen LogP contribution in [-0.4, -0.2) is 47.0 Å². The summed E-state index contributed by atoms with van der Waals surface area (Å²) in [5.41, 5.74) is 3.71. The maximum absolute atomic E-state index is 13.4. The molecule has 8 heteroatoms. The van der Waals surface area contributed by atoms with Crippen molar-refractivity contribution in [3.8, 4) is 17.2 Å². The van der Waals surface area contributed by atoms with Crippen LogP contribution >= 0.6 is 0 Å². The van der Waals surface area contributed by atoms with Gasteiger partial charge in [-0.05, 0) is 67.1 Å². The molecule has 0 spiro atoms. The predicted molar refractivity (Wildman–Crippen MR) is 138 cm³/mol. The Hall–Kier alpha value is -4.30. The number of ether oxygens (including phenoxy) is 2. The van der Waals surface area contributed by atoms with Gasteiger partial charge in [0.15, 0.2) is 12.5 Å². The summed E-state index contributed by atoms with van der Waals surface area (Å²) in [6.07, 6.45) is -0.0969. The second-order valence-electron chi connectivity index (χ2n) is 9.21. The van der Waals surface area contributed by atoms with Crippen molar-refractivity contribution in [2.24, 2.45) is 0 Å².